The number of aryl methyl sites for hydroxylation is 1. The van der Waals surface area contributed by atoms with Crippen LogP contribution in [0.4, 0.5) is 0 Å². The Morgan fingerprint density at radius 1 is 1.39 bits per heavy atom. The number of hydrogen-bond donors (Lipinski definition) is 1. The lowest BCUT2D eigenvalue weighted by Gasteiger charge is -2.22. The molecule has 18 heavy (non-hydrogen) atoms. The van der Waals surface area contributed by atoms with Gasteiger partial charge in [-0.15, -0.1) is 0 Å². The van der Waals surface area contributed by atoms with E-state index in [2.05, 4.69) is 15.9 Å². The average Bonchev–Trinajstić information content (AvgIpc) is 2.75. The molecular formula is C13H15BrN2O2. The standard InChI is InChI=1S/C13H15BrN2O2/c1-8-5-9(7-10(14)6-8)13(18)16-4-2-3-11(16)12(15)17/h5-7,11H,2-4H2,1H3,(H2,15,17). The van der Waals surface area contributed by atoms with Crippen LogP contribution in [-0.4, -0.2) is 29.3 Å². The second-order valence-electron chi connectivity index (χ2n) is 4.58. The van der Waals surface area contributed by atoms with Gasteiger partial charge < -0.3 is 10.6 Å². The maximum atomic E-state index is 12.4. The van der Waals surface area contributed by atoms with Gasteiger partial charge in [-0.1, -0.05) is 15.9 Å². The number of nitrogens with zero attached hydrogens (tertiary/aromatic N) is 1. The molecule has 2 rings (SSSR count). The smallest absolute Gasteiger partial charge is 0.254 e. The fourth-order valence-corrected chi connectivity index (χ4v) is 2.94. The van der Waals surface area contributed by atoms with Crippen LogP contribution in [0.2, 0.25) is 0 Å². The largest absolute Gasteiger partial charge is 0.368 e. The Bertz CT molecular complexity index is 482. The van der Waals surface area contributed by atoms with Crippen molar-refractivity contribution in [2.75, 3.05) is 6.54 Å². The molecule has 1 atom stereocenters. The van der Waals surface area contributed by atoms with Gasteiger partial charge in [-0.2, -0.15) is 0 Å². The van der Waals surface area contributed by atoms with E-state index in [9.17, 15) is 9.59 Å². The van der Waals surface area contributed by atoms with Crippen molar-refractivity contribution in [1.82, 2.24) is 4.90 Å². The molecule has 0 spiro atoms. The summed E-state index contributed by atoms with van der Waals surface area (Å²) in [7, 11) is 0. The normalized spacial score (nSPS) is 19.0. The molecule has 2 amide bonds. The summed E-state index contributed by atoms with van der Waals surface area (Å²) in [6, 6.07) is 5.07. The predicted molar refractivity (Wildman–Crippen MR) is 72.1 cm³/mol. The molecule has 96 valence electrons. The molecule has 4 nitrogen and oxygen atoms in total. The topological polar surface area (TPSA) is 63.4 Å². The maximum Gasteiger partial charge on any atom is 0.254 e. The van der Waals surface area contributed by atoms with E-state index in [0.29, 0.717) is 18.5 Å². The van der Waals surface area contributed by atoms with Crippen molar-refractivity contribution in [3.8, 4) is 0 Å². The van der Waals surface area contributed by atoms with Crippen molar-refractivity contribution < 1.29 is 9.59 Å². The van der Waals surface area contributed by atoms with Crippen LogP contribution >= 0.6 is 15.9 Å². The van der Waals surface area contributed by atoms with Gasteiger partial charge in [0.25, 0.3) is 5.91 Å². The molecule has 0 radical (unpaired) electrons. The van der Waals surface area contributed by atoms with Gasteiger partial charge >= 0.3 is 0 Å². The third-order valence-corrected chi connectivity index (χ3v) is 3.59. The van der Waals surface area contributed by atoms with Crippen molar-refractivity contribution in [3.63, 3.8) is 0 Å². The lowest BCUT2D eigenvalue weighted by Crippen LogP contribution is -2.43. The summed E-state index contributed by atoms with van der Waals surface area (Å²) < 4.78 is 0.862. The lowest BCUT2D eigenvalue weighted by atomic mass is 10.1. The Hall–Kier alpha value is -1.36. The fraction of sp³-hybridized carbons (Fsp3) is 0.385. The van der Waals surface area contributed by atoms with E-state index in [1.165, 1.54) is 0 Å². The van der Waals surface area contributed by atoms with Gasteiger partial charge in [-0.25, -0.2) is 0 Å². The summed E-state index contributed by atoms with van der Waals surface area (Å²) >= 11 is 3.37. The van der Waals surface area contributed by atoms with Crippen LogP contribution in [0.25, 0.3) is 0 Å². The van der Waals surface area contributed by atoms with Gasteiger partial charge in [0.2, 0.25) is 5.91 Å². The SMILES string of the molecule is Cc1cc(Br)cc(C(=O)N2CCCC2C(N)=O)c1. The molecule has 1 heterocycles. The van der Waals surface area contributed by atoms with Gasteiger partial charge in [-0.05, 0) is 43.5 Å². The molecular weight excluding hydrogens is 296 g/mol. The first-order chi connectivity index (χ1) is 8.49. The van der Waals surface area contributed by atoms with Crippen LogP contribution in [-0.2, 0) is 4.79 Å². The van der Waals surface area contributed by atoms with Crippen molar-refractivity contribution in [2.45, 2.75) is 25.8 Å². The summed E-state index contributed by atoms with van der Waals surface area (Å²) in [5.41, 5.74) is 6.92. The molecule has 1 unspecified atom stereocenters. The number of carbonyl (C=O) groups excluding carboxylic acids is 2. The summed E-state index contributed by atoms with van der Waals surface area (Å²) in [4.78, 5) is 25.2. The first kappa shape index (κ1) is 13.1. The number of carbonyl (C=O) groups is 2. The van der Waals surface area contributed by atoms with E-state index >= 15 is 0 Å². The minimum Gasteiger partial charge on any atom is -0.368 e. The van der Waals surface area contributed by atoms with Gasteiger partial charge in [0.05, 0.1) is 0 Å². The van der Waals surface area contributed by atoms with Crippen molar-refractivity contribution in [3.05, 3.63) is 33.8 Å². The highest BCUT2D eigenvalue weighted by molar-refractivity contribution is 9.10. The monoisotopic (exact) mass is 310 g/mol. The lowest BCUT2D eigenvalue weighted by molar-refractivity contribution is -0.121. The van der Waals surface area contributed by atoms with E-state index in [4.69, 9.17) is 5.73 Å². The highest BCUT2D eigenvalue weighted by Crippen LogP contribution is 2.22. The predicted octanol–water partition coefficient (Wildman–Crippen LogP) is 1.85. The fourth-order valence-electron chi connectivity index (χ4n) is 2.33. The number of likely N-dealkylation sites (tertiary alicyclic amines) is 1. The highest BCUT2D eigenvalue weighted by atomic mass is 79.9. The minimum absolute atomic E-state index is 0.124. The van der Waals surface area contributed by atoms with Gasteiger partial charge in [-0.3, -0.25) is 9.59 Å². The van der Waals surface area contributed by atoms with Gasteiger partial charge in [0.1, 0.15) is 6.04 Å². The summed E-state index contributed by atoms with van der Waals surface area (Å²) in [5.74, 6) is -0.548. The molecule has 0 saturated carbocycles. The van der Waals surface area contributed by atoms with Crippen LogP contribution in [0.15, 0.2) is 22.7 Å². The van der Waals surface area contributed by atoms with Gasteiger partial charge in [0.15, 0.2) is 0 Å². The third-order valence-electron chi connectivity index (χ3n) is 3.13. The van der Waals surface area contributed by atoms with Crippen molar-refractivity contribution in [1.29, 1.82) is 0 Å². The number of primary amides is 1. The van der Waals surface area contributed by atoms with E-state index in [1.807, 2.05) is 19.1 Å². The van der Waals surface area contributed by atoms with Crippen LogP contribution in [0, 0.1) is 6.92 Å². The Morgan fingerprint density at radius 3 is 2.72 bits per heavy atom. The van der Waals surface area contributed by atoms with E-state index in [1.54, 1.807) is 11.0 Å². The number of halogens is 1. The average molecular weight is 311 g/mol. The Labute approximate surface area is 114 Å². The second kappa shape index (κ2) is 5.10. The van der Waals surface area contributed by atoms with Crippen LogP contribution in [0.5, 0.6) is 0 Å². The number of nitrogens with two attached hydrogens (primary N) is 1. The molecule has 1 aliphatic rings. The van der Waals surface area contributed by atoms with Crippen LogP contribution in [0.1, 0.15) is 28.8 Å². The van der Waals surface area contributed by atoms with E-state index in [0.717, 1.165) is 16.5 Å². The second-order valence-corrected chi connectivity index (χ2v) is 5.49. The number of benzene rings is 1. The minimum atomic E-state index is -0.461. The number of hydrogen-bond acceptors (Lipinski definition) is 2. The molecule has 0 aromatic heterocycles. The van der Waals surface area contributed by atoms with E-state index < -0.39 is 11.9 Å². The molecule has 5 heteroatoms. The molecule has 1 saturated heterocycles. The Balaban J connectivity index is 2.28. The summed E-state index contributed by atoms with van der Waals surface area (Å²) in [5, 5.41) is 0. The third kappa shape index (κ3) is 2.56. The zero-order valence-corrected chi connectivity index (χ0v) is 11.7. The first-order valence-corrected chi connectivity index (χ1v) is 6.66. The molecule has 2 N–H and O–H groups in total. The van der Waals surface area contributed by atoms with Crippen LogP contribution < -0.4 is 5.73 Å². The summed E-state index contributed by atoms with van der Waals surface area (Å²) in [6.45, 7) is 2.52. The summed E-state index contributed by atoms with van der Waals surface area (Å²) in [6.07, 6.45) is 1.49. The first-order valence-electron chi connectivity index (χ1n) is 5.86. The quantitative estimate of drug-likeness (QED) is 0.906. The molecule has 0 aliphatic carbocycles. The Morgan fingerprint density at radius 2 is 2.11 bits per heavy atom. The molecule has 1 fully saturated rings. The number of rotatable bonds is 2. The maximum absolute atomic E-state index is 12.4. The number of amides is 2. The molecule has 1 aliphatic heterocycles. The van der Waals surface area contributed by atoms with Crippen molar-refractivity contribution >= 4 is 27.7 Å². The molecule has 1 aromatic rings. The molecule has 1 aromatic carbocycles. The van der Waals surface area contributed by atoms with Gasteiger partial charge in [0, 0.05) is 16.6 Å². The van der Waals surface area contributed by atoms with Crippen LogP contribution in [0.3, 0.4) is 0 Å². The Kier molecular flexibility index (Phi) is 3.71. The zero-order chi connectivity index (χ0) is 13.3. The van der Waals surface area contributed by atoms with E-state index in [-0.39, 0.29) is 5.91 Å². The van der Waals surface area contributed by atoms with Crippen molar-refractivity contribution in [2.24, 2.45) is 5.73 Å². The zero-order valence-electron chi connectivity index (χ0n) is 10.1. The molecule has 0 bridgehead atoms. The highest BCUT2D eigenvalue weighted by Gasteiger charge is 2.33.